The first-order valence-corrected chi connectivity index (χ1v) is 11.0. The molecule has 160 valence electrons. The zero-order valence-corrected chi connectivity index (χ0v) is 18.1. The number of anilines is 1. The number of nitrogens with one attached hydrogen (secondary N) is 1. The summed E-state index contributed by atoms with van der Waals surface area (Å²) >= 11 is 6.46. The predicted molar refractivity (Wildman–Crippen MR) is 123 cm³/mol. The molecular weight excluding hydrogens is 410 g/mol. The van der Waals surface area contributed by atoms with E-state index in [1.807, 2.05) is 30.3 Å². The van der Waals surface area contributed by atoms with Crippen LogP contribution in [0, 0.1) is 5.92 Å². The summed E-state index contributed by atoms with van der Waals surface area (Å²) in [7, 11) is 0. The van der Waals surface area contributed by atoms with E-state index in [0.29, 0.717) is 23.1 Å². The molecule has 0 atom stereocenters. The summed E-state index contributed by atoms with van der Waals surface area (Å²) in [4.78, 5) is 20.9. The first-order valence-electron chi connectivity index (χ1n) is 10.6. The number of hydrogen-bond donors (Lipinski definition) is 1. The largest absolute Gasteiger partial charge is 0.385 e. The number of ether oxygens (including phenoxy) is 1. The van der Waals surface area contributed by atoms with Gasteiger partial charge >= 0.3 is 0 Å². The second kappa shape index (κ2) is 10.5. The number of halogens is 1. The van der Waals surface area contributed by atoms with Gasteiger partial charge in [0.05, 0.1) is 5.02 Å². The van der Waals surface area contributed by atoms with E-state index < -0.39 is 0 Å². The zero-order valence-electron chi connectivity index (χ0n) is 17.4. The number of hydrogen-bond acceptors (Lipinski definition) is 5. The lowest BCUT2D eigenvalue weighted by atomic mass is 10.00. The lowest BCUT2D eigenvalue weighted by Gasteiger charge is -2.22. The molecule has 0 spiro atoms. The van der Waals surface area contributed by atoms with Crippen molar-refractivity contribution in [1.82, 2.24) is 9.97 Å². The standard InChI is InChI=1S/C25H26ClN3O2/c26-25-17-29-22(13-23(30)11-19-3-2-8-27-15-19)14-24(25)20-4-1-5-21(12-20)28-16-18-6-9-31-10-7-18/h1-5,8,12,14-15,17-18,28H,6-7,9-11,13,16H2. The third-order valence-corrected chi connectivity index (χ3v) is 5.82. The van der Waals surface area contributed by atoms with Crippen molar-refractivity contribution >= 4 is 23.1 Å². The quantitative estimate of drug-likeness (QED) is 0.540. The smallest absolute Gasteiger partial charge is 0.143 e. The van der Waals surface area contributed by atoms with E-state index in [1.165, 1.54) is 0 Å². The minimum Gasteiger partial charge on any atom is -0.385 e. The number of rotatable bonds is 8. The van der Waals surface area contributed by atoms with Crippen LogP contribution in [0.25, 0.3) is 11.1 Å². The zero-order chi connectivity index (χ0) is 21.5. The highest BCUT2D eigenvalue weighted by Crippen LogP contribution is 2.30. The van der Waals surface area contributed by atoms with Crippen LogP contribution in [0.3, 0.4) is 0 Å². The van der Waals surface area contributed by atoms with Crippen LogP contribution in [0.5, 0.6) is 0 Å². The third kappa shape index (κ3) is 6.12. The number of carbonyl (C=O) groups is 1. The van der Waals surface area contributed by atoms with E-state index >= 15 is 0 Å². The summed E-state index contributed by atoms with van der Waals surface area (Å²) in [6.07, 6.45) is 7.86. The van der Waals surface area contributed by atoms with Crippen LogP contribution in [0.1, 0.15) is 24.1 Å². The van der Waals surface area contributed by atoms with E-state index in [9.17, 15) is 4.79 Å². The Labute approximate surface area is 187 Å². The van der Waals surface area contributed by atoms with Gasteiger partial charge < -0.3 is 10.1 Å². The fraction of sp³-hybridized carbons (Fsp3) is 0.320. The molecule has 6 heteroatoms. The number of ketones is 1. The van der Waals surface area contributed by atoms with Crippen LogP contribution in [0.2, 0.25) is 5.02 Å². The highest BCUT2D eigenvalue weighted by Gasteiger charge is 2.14. The van der Waals surface area contributed by atoms with Gasteiger partial charge in [-0.15, -0.1) is 0 Å². The maximum absolute atomic E-state index is 12.5. The number of benzene rings is 1. The van der Waals surface area contributed by atoms with Gasteiger partial charge in [0.25, 0.3) is 0 Å². The van der Waals surface area contributed by atoms with Gasteiger partial charge in [-0.2, -0.15) is 0 Å². The Balaban J connectivity index is 1.44. The van der Waals surface area contributed by atoms with Gasteiger partial charge in [-0.05, 0) is 54.2 Å². The first kappa shape index (κ1) is 21.5. The average Bonchev–Trinajstić information content (AvgIpc) is 2.80. The number of aromatic nitrogens is 2. The molecule has 1 aliphatic rings. The Hall–Kier alpha value is -2.76. The van der Waals surface area contributed by atoms with Crippen LogP contribution in [-0.2, 0) is 22.4 Å². The van der Waals surface area contributed by atoms with Gasteiger partial charge in [0.15, 0.2) is 0 Å². The normalized spacial score (nSPS) is 14.4. The van der Waals surface area contributed by atoms with Crippen molar-refractivity contribution in [3.8, 4) is 11.1 Å². The molecule has 3 aromatic rings. The second-order valence-corrected chi connectivity index (χ2v) is 8.33. The number of Topliss-reactive ketones (excluding diaryl/α,β-unsaturated/α-hetero) is 1. The Morgan fingerprint density at radius 3 is 2.77 bits per heavy atom. The van der Waals surface area contributed by atoms with Crippen LogP contribution in [0.15, 0.2) is 61.1 Å². The monoisotopic (exact) mass is 435 g/mol. The molecule has 1 aromatic carbocycles. The highest BCUT2D eigenvalue weighted by molar-refractivity contribution is 6.33. The van der Waals surface area contributed by atoms with E-state index in [2.05, 4.69) is 27.4 Å². The summed E-state index contributed by atoms with van der Waals surface area (Å²) in [6, 6.07) is 13.9. The molecule has 5 nitrogen and oxygen atoms in total. The molecule has 1 saturated heterocycles. The molecule has 0 amide bonds. The maximum Gasteiger partial charge on any atom is 0.143 e. The minimum atomic E-state index is 0.0978. The number of pyridine rings is 2. The molecule has 2 aromatic heterocycles. The second-order valence-electron chi connectivity index (χ2n) is 7.93. The Kier molecular flexibility index (Phi) is 7.28. The Morgan fingerprint density at radius 1 is 1.10 bits per heavy atom. The number of carbonyl (C=O) groups excluding carboxylic acids is 1. The van der Waals surface area contributed by atoms with E-state index in [4.69, 9.17) is 16.3 Å². The Bertz CT molecular complexity index is 1020. The van der Waals surface area contributed by atoms with Crippen LogP contribution < -0.4 is 5.32 Å². The molecule has 3 heterocycles. The van der Waals surface area contributed by atoms with Crippen LogP contribution in [-0.4, -0.2) is 35.5 Å². The Morgan fingerprint density at radius 2 is 1.97 bits per heavy atom. The summed E-state index contributed by atoms with van der Waals surface area (Å²) < 4.78 is 5.44. The molecule has 0 radical (unpaired) electrons. The molecule has 0 unspecified atom stereocenters. The van der Waals surface area contributed by atoms with Gasteiger partial charge in [-0.25, -0.2) is 0 Å². The number of nitrogens with zero attached hydrogens (tertiary/aromatic N) is 2. The van der Waals surface area contributed by atoms with Crippen molar-refractivity contribution in [2.24, 2.45) is 5.92 Å². The van der Waals surface area contributed by atoms with Gasteiger partial charge in [0, 0.05) is 68.1 Å². The fourth-order valence-electron chi connectivity index (χ4n) is 3.80. The van der Waals surface area contributed by atoms with E-state index in [0.717, 1.165) is 55.0 Å². The van der Waals surface area contributed by atoms with Crippen molar-refractivity contribution in [3.63, 3.8) is 0 Å². The lowest BCUT2D eigenvalue weighted by Crippen LogP contribution is -2.22. The van der Waals surface area contributed by atoms with E-state index in [-0.39, 0.29) is 12.2 Å². The molecule has 0 aliphatic carbocycles. The molecule has 4 rings (SSSR count). The van der Waals surface area contributed by atoms with Gasteiger partial charge in [-0.3, -0.25) is 14.8 Å². The molecule has 1 N–H and O–H groups in total. The van der Waals surface area contributed by atoms with Gasteiger partial charge in [0.1, 0.15) is 5.78 Å². The minimum absolute atomic E-state index is 0.0978. The fourth-order valence-corrected chi connectivity index (χ4v) is 4.02. The molecule has 1 fully saturated rings. The average molecular weight is 436 g/mol. The summed E-state index contributed by atoms with van der Waals surface area (Å²) in [5.74, 6) is 0.736. The van der Waals surface area contributed by atoms with Crippen LogP contribution in [0.4, 0.5) is 5.69 Å². The molecular formula is C25H26ClN3O2. The first-order chi connectivity index (χ1) is 15.2. The third-order valence-electron chi connectivity index (χ3n) is 5.52. The predicted octanol–water partition coefficient (Wildman–Crippen LogP) is 4.99. The molecule has 0 bridgehead atoms. The van der Waals surface area contributed by atoms with E-state index in [1.54, 1.807) is 18.6 Å². The highest BCUT2D eigenvalue weighted by atomic mass is 35.5. The summed E-state index contributed by atoms with van der Waals surface area (Å²) in [5.41, 5.74) is 4.57. The molecule has 31 heavy (non-hydrogen) atoms. The van der Waals surface area contributed by atoms with Gasteiger partial charge in [-0.1, -0.05) is 29.8 Å². The summed E-state index contributed by atoms with van der Waals surface area (Å²) in [6.45, 7) is 2.63. The van der Waals surface area contributed by atoms with Crippen molar-refractivity contribution in [2.45, 2.75) is 25.7 Å². The van der Waals surface area contributed by atoms with Crippen molar-refractivity contribution in [3.05, 3.63) is 77.3 Å². The molecule has 0 saturated carbocycles. The SMILES string of the molecule is O=C(Cc1cccnc1)Cc1cc(-c2cccc(NCC3CCOCC3)c2)c(Cl)cn1. The van der Waals surface area contributed by atoms with Crippen molar-refractivity contribution in [2.75, 3.05) is 25.1 Å². The van der Waals surface area contributed by atoms with Crippen LogP contribution >= 0.6 is 11.6 Å². The summed E-state index contributed by atoms with van der Waals surface area (Å²) in [5, 5.41) is 4.12. The topological polar surface area (TPSA) is 64.1 Å². The van der Waals surface area contributed by atoms with Crippen molar-refractivity contribution < 1.29 is 9.53 Å². The van der Waals surface area contributed by atoms with Crippen molar-refractivity contribution in [1.29, 1.82) is 0 Å². The van der Waals surface area contributed by atoms with Gasteiger partial charge in [0.2, 0.25) is 0 Å². The maximum atomic E-state index is 12.5. The molecule has 1 aliphatic heterocycles. The lowest BCUT2D eigenvalue weighted by molar-refractivity contribution is -0.117.